The van der Waals surface area contributed by atoms with Crippen LogP contribution in [0.25, 0.3) is 16.9 Å². The molecule has 214 valence electrons. The zero-order valence-corrected chi connectivity index (χ0v) is 21.5. The second-order valence-electron chi connectivity index (χ2n) is 8.22. The highest BCUT2D eigenvalue weighted by atomic mass is 19.4. The van der Waals surface area contributed by atoms with Gasteiger partial charge >= 0.3 is 6.18 Å². The Balaban J connectivity index is 0.00000141. The summed E-state index contributed by atoms with van der Waals surface area (Å²) in [6.45, 7) is 3.58. The van der Waals surface area contributed by atoms with Gasteiger partial charge < -0.3 is 26.2 Å². The molecule has 40 heavy (non-hydrogen) atoms. The van der Waals surface area contributed by atoms with Gasteiger partial charge in [-0.25, -0.2) is 9.97 Å². The molecule has 0 unspecified atom stereocenters. The van der Waals surface area contributed by atoms with E-state index in [0.717, 1.165) is 12.0 Å². The Morgan fingerprint density at radius 1 is 1.27 bits per heavy atom. The lowest BCUT2D eigenvalue weighted by Gasteiger charge is -2.13. The zero-order chi connectivity index (χ0) is 29.1. The molecule has 6 N–H and O–H groups in total. The smallest absolute Gasteiger partial charge is 0.435 e. The van der Waals surface area contributed by atoms with E-state index in [0.29, 0.717) is 55.4 Å². The number of nitrogens with one attached hydrogen (secondary N) is 3. The van der Waals surface area contributed by atoms with Gasteiger partial charge in [-0.15, -0.1) is 0 Å². The normalized spacial score (nSPS) is 11.1. The van der Waals surface area contributed by atoms with Crippen molar-refractivity contribution in [3.05, 3.63) is 59.8 Å². The van der Waals surface area contributed by atoms with E-state index < -0.39 is 11.9 Å². The summed E-state index contributed by atoms with van der Waals surface area (Å²) >= 11 is 0. The van der Waals surface area contributed by atoms with E-state index in [-0.39, 0.29) is 23.6 Å². The fraction of sp³-hybridized carbons (Fsp3) is 0.320. The van der Waals surface area contributed by atoms with Gasteiger partial charge in [0.25, 0.3) is 12.4 Å². The van der Waals surface area contributed by atoms with Crippen molar-refractivity contribution >= 4 is 29.5 Å². The first kappa shape index (κ1) is 30.0. The van der Waals surface area contributed by atoms with Crippen LogP contribution < -0.4 is 16.4 Å². The molecule has 1 aromatic carbocycles. The summed E-state index contributed by atoms with van der Waals surface area (Å²) in [4.78, 5) is 29.6. The standard InChI is InChI=1S/C24H27F3N8O2.CH2O2/c1-2-15-12-16(4-5-17(15)23(36)30-8-11-37-10-3-6-28)33-21-22-31-14-19(35(22)9-7-29-21)18-13-32-34-20(18)24(25,26)27;2-1-3/h4-5,7,9,12-14H,2-3,6,8,10-11,28H2,1H3,(H,29,33)(H,30,36)(H,32,34);1H,(H,2,3). The predicted octanol–water partition coefficient (Wildman–Crippen LogP) is 3.24. The molecule has 0 bridgehead atoms. The van der Waals surface area contributed by atoms with E-state index in [9.17, 15) is 18.0 Å². The molecule has 0 saturated carbocycles. The molecule has 4 aromatic rings. The molecule has 0 aliphatic rings. The molecule has 0 spiro atoms. The molecule has 15 heteroatoms. The van der Waals surface area contributed by atoms with Gasteiger partial charge in [-0.3, -0.25) is 19.1 Å². The molecule has 0 radical (unpaired) electrons. The number of aromatic amines is 1. The van der Waals surface area contributed by atoms with Gasteiger partial charge in [-0.2, -0.15) is 18.3 Å². The fourth-order valence-corrected chi connectivity index (χ4v) is 3.85. The van der Waals surface area contributed by atoms with Gasteiger partial charge in [0.1, 0.15) is 0 Å². The Labute approximate surface area is 226 Å². The SMILES string of the molecule is CCc1cc(Nc2nccn3c(-c4c[nH]nc4C(F)(F)F)cnc23)ccc1C(=O)NCCOCCCN.O=CO. The lowest BCUT2D eigenvalue weighted by Crippen LogP contribution is -2.28. The third kappa shape index (κ3) is 7.33. The van der Waals surface area contributed by atoms with Crippen molar-refractivity contribution in [3.8, 4) is 11.3 Å². The van der Waals surface area contributed by atoms with Crippen LogP contribution in [0.2, 0.25) is 0 Å². The van der Waals surface area contributed by atoms with E-state index in [1.807, 2.05) is 13.0 Å². The minimum Gasteiger partial charge on any atom is -0.483 e. The highest BCUT2D eigenvalue weighted by Crippen LogP contribution is 2.36. The molecule has 0 saturated heterocycles. The minimum absolute atomic E-state index is 0.120. The maximum atomic E-state index is 13.4. The molecule has 0 aliphatic heterocycles. The van der Waals surface area contributed by atoms with Crippen molar-refractivity contribution in [3.63, 3.8) is 0 Å². The lowest BCUT2D eigenvalue weighted by atomic mass is 10.0. The largest absolute Gasteiger partial charge is 0.483 e. The van der Waals surface area contributed by atoms with Crippen molar-refractivity contribution < 1.29 is 32.6 Å². The van der Waals surface area contributed by atoms with Gasteiger partial charge in [0.05, 0.1) is 24.1 Å². The number of fused-ring (bicyclic) bond motifs is 1. The number of H-pyrrole nitrogens is 1. The summed E-state index contributed by atoms with van der Waals surface area (Å²) in [6.07, 6.45) is 2.28. The summed E-state index contributed by atoms with van der Waals surface area (Å²) in [5.41, 5.74) is 6.85. The third-order valence-electron chi connectivity index (χ3n) is 5.63. The summed E-state index contributed by atoms with van der Waals surface area (Å²) in [5.74, 6) is 0.143. The average Bonchev–Trinajstić information content (AvgIpc) is 3.59. The predicted molar refractivity (Wildman–Crippen MR) is 140 cm³/mol. The number of carbonyl (C=O) groups excluding carboxylic acids is 1. The highest BCUT2D eigenvalue weighted by molar-refractivity contribution is 5.96. The Hall–Kier alpha value is -4.50. The van der Waals surface area contributed by atoms with Crippen LogP contribution in [0, 0.1) is 0 Å². The number of benzene rings is 1. The molecule has 4 rings (SSSR count). The van der Waals surface area contributed by atoms with Crippen molar-refractivity contribution in [1.29, 1.82) is 0 Å². The number of nitrogens with two attached hydrogens (primary N) is 1. The van der Waals surface area contributed by atoms with Crippen molar-refractivity contribution in [2.75, 3.05) is 31.6 Å². The van der Waals surface area contributed by atoms with Gasteiger partial charge in [0.15, 0.2) is 17.2 Å². The number of anilines is 2. The molecule has 0 fully saturated rings. The second kappa shape index (κ2) is 14.0. The average molecular weight is 563 g/mol. The Bertz CT molecular complexity index is 1420. The molecule has 3 heterocycles. The van der Waals surface area contributed by atoms with Gasteiger partial charge in [0.2, 0.25) is 0 Å². The first-order valence-corrected chi connectivity index (χ1v) is 12.2. The van der Waals surface area contributed by atoms with Crippen molar-refractivity contribution in [1.82, 2.24) is 29.9 Å². The molecule has 12 nitrogen and oxygen atoms in total. The van der Waals surface area contributed by atoms with Crippen LogP contribution in [0.4, 0.5) is 24.7 Å². The van der Waals surface area contributed by atoms with Crippen LogP contribution in [-0.4, -0.2) is 68.4 Å². The Kier molecular flexibility index (Phi) is 10.6. The minimum atomic E-state index is -4.62. The molecule has 0 aliphatic carbocycles. The van der Waals surface area contributed by atoms with Crippen LogP contribution in [0.5, 0.6) is 0 Å². The number of imidazole rings is 1. The number of nitrogens with zero attached hydrogens (tertiary/aromatic N) is 4. The molecular formula is C25H29F3N8O4. The van der Waals surface area contributed by atoms with Crippen molar-refractivity contribution in [2.24, 2.45) is 5.73 Å². The van der Waals surface area contributed by atoms with Crippen LogP contribution in [0.1, 0.15) is 35.0 Å². The van der Waals surface area contributed by atoms with Gasteiger partial charge in [0, 0.05) is 43.0 Å². The van der Waals surface area contributed by atoms with Crippen LogP contribution in [0.3, 0.4) is 0 Å². The van der Waals surface area contributed by atoms with E-state index in [1.165, 1.54) is 29.2 Å². The van der Waals surface area contributed by atoms with E-state index in [4.69, 9.17) is 20.4 Å². The monoisotopic (exact) mass is 562 g/mol. The summed E-state index contributed by atoms with van der Waals surface area (Å²) < 4.78 is 47.0. The number of carboxylic acid groups (broad SMARTS) is 1. The summed E-state index contributed by atoms with van der Waals surface area (Å²) in [7, 11) is 0. The number of hydrogen-bond acceptors (Lipinski definition) is 8. The topological polar surface area (TPSA) is 173 Å². The number of carbonyl (C=O) groups is 2. The van der Waals surface area contributed by atoms with Crippen LogP contribution in [0.15, 0.2) is 43.0 Å². The first-order valence-electron chi connectivity index (χ1n) is 12.2. The van der Waals surface area contributed by atoms with E-state index in [1.54, 1.807) is 12.1 Å². The third-order valence-corrected chi connectivity index (χ3v) is 5.63. The fourth-order valence-electron chi connectivity index (χ4n) is 3.85. The van der Waals surface area contributed by atoms with E-state index in [2.05, 4.69) is 30.8 Å². The van der Waals surface area contributed by atoms with Gasteiger partial charge in [-0.1, -0.05) is 6.92 Å². The van der Waals surface area contributed by atoms with Gasteiger partial charge in [-0.05, 0) is 43.1 Å². The highest BCUT2D eigenvalue weighted by Gasteiger charge is 2.37. The number of alkyl halides is 3. The van der Waals surface area contributed by atoms with Crippen molar-refractivity contribution in [2.45, 2.75) is 25.9 Å². The quantitative estimate of drug-likeness (QED) is 0.136. The maximum Gasteiger partial charge on any atom is 0.435 e. The molecule has 3 aromatic heterocycles. The number of amides is 1. The summed E-state index contributed by atoms with van der Waals surface area (Å²) in [5, 5.41) is 18.5. The maximum absolute atomic E-state index is 13.4. The van der Waals surface area contributed by atoms with Crippen LogP contribution in [-0.2, 0) is 22.1 Å². The zero-order valence-electron chi connectivity index (χ0n) is 21.5. The molecule has 1 amide bonds. The number of halogens is 3. The summed E-state index contributed by atoms with van der Waals surface area (Å²) in [6, 6.07) is 5.28. The van der Waals surface area contributed by atoms with Crippen LogP contribution >= 0.6 is 0 Å². The lowest BCUT2D eigenvalue weighted by molar-refractivity contribution is -0.140. The Morgan fingerprint density at radius 2 is 2.05 bits per heavy atom. The first-order chi connectivity index (χ1) is 19.2. The number of aromatic nitrogens is 5. The van der Waals surface area contributed by atoms with E-state index >= 15 is 0 Å². The molecule has 0 atom stereocenters. The Morgan fingerprint density at radius 3 is 2.75 bits per heavy atom. The number of hydrogen-bond donors (Lipinski definition) is 5. The molecular weight excluding hydrogens is 533 g/mol. The second-order valence-corrected chi connectivity index (χ2v) is 8.22. The number of rotatable bonds is 11. The number of aryl methyl sites for hydroxylation is 1. The number of ether oxygens (including phenoxy) is 1.